The lowest BCUT2D eigenvalue weighted by Crippen LogP contribution is -2.57. The second-order valence-electron chi connectivity index (χ2n) is 11.6. The Morgan fingerprint density at radius 3 is 2.38 bits per heavy atom. The lowest BCUT2D eigenvalue weighted by molar-refractivity contribution is 0.0136. The van der Waals surface area contributed by atoms with Gasteiger partial charge in [0.15, 0.2) is 0 Å². The van der Waals surface area contributed by atoms with Gasteiger partial charge >= 0.3 is 0 Å². The third-order valence-corrected chi connectivity index (χ3v) is 10.0. The van der Waals surface area contributed by atoms with Gasteiger partial charge in [0.05, 0.1) is 4.88 Å². The van der Waals surface area contributed by atoms with Crippen molar-refractivity contribution in [1.82, 2.24) is 14.7 Å². The Kier molecular flexibility index (Phi) is 9.39. The molecule has 0 N–H and O–H groups in total. The number of carbonyl (C=O) groups is 1. The highest BCUT2D eigenvalue weighted by Gasteiger charge is 2.34. The van der Waals surface area contributed by atoms with Gasteiger partial charge in [-0.3, -0.25) is 14.6 Å². The average Bonchev–Trinajstić information content (AvgIpc) is 3.45. The first-order valence-electron chi connectivity index (χ1n) is 15.1. The monoisotopic (exact) mass is 561 g/mol. The predicted molar refractivity (Wildman–Crippen MR) is 165 cm³/mol. The standard InChI is InChI=1S/C34H44FN3OS/c1-5-7-29-16-21-40-33(29)34(39)36-17-14-31(15-18-36)37-19-20-38(24(3)23-37)25(4)27-8-10-28(11-9-27)30-12-13-32(35)26(6-2)22-30/h8-13,16,21-22,24-25,31H,5-7,14-15,17-20,23H2,1-4H3/t24-,25+/m1/s1. The lowest BCUT2D eigenvalue weighted by atomic mass is 9.96. The van der Waals surface area contributed by atoms with E-state index in [0.717, 1.165) is 80.0 Å². The fourth-order valence-corrected chi connectivity index (χ4v) is 7.56. The van der Waals surface area contributed by atoms with Crippen LogP contribution in [0.1, 0.15) is 79.4 Å². The van der Waals surface area contributed by atoms with Crippen molar-refractivity contribution in [2.45, 2.75) is 77.9 Å². The fraction of sp³-hybridized carbons (Fsp3) is 0.500. The highest BCUT2D eigenvalue weighted by molar-refractivity contribution is 7.12. The van der Waals surface area contributed by atoms with Crippen LogP contribution in [0.3, 0.4) is 0 Å². The molecule has 2 atom stereocenters. The van der Waals surface area contributed by atoms with Gasteiger partial charge in [-0.25, -0.2) is 4.39 Å². The number of benzene rings is 2. The second-order valence-corrected chi connectivity index (χ2v) is 12.5. The molecule has 2 aromatic carbocycles. The maximum Gasteiger partial charge on any atom is 0.264 e. The smallest absolute Gasteiger partial charge is 0.264 e. The number of amides is 1. The number of nitrogens with zero attached hydrogens (tertiary/aromatic N) is 3. The zero-order chi connectivity index (χ0) is 28.2. The molecule has 2 aliphatic rings. The van der Waals surface area contributed by atoms with Gasteiger partial charge in [-0.15, -0.1) is 11.3 Å². The minimum absolute atomic E-state index is 0.122. The van der Waals surface area contributed by atoms with Crippen LogP contribution in [0, 0.1) is 5.82 Å². The summed E-state index contributed by atoms with van der Waals surface area (Å²) in [5.74, 6) is 0.114. The van der Waals surface area contributed by atoms with E-state index in [1.54, 1.807) is 17.4 Å². The summed E-state index contributed by atoms with van der Waals surface area (Å²) in [4.78, 5) is 21.5. The van der Waals surface area contributed by atoms with E-state index in [0.29, 0.717) is 24.5 Å². The molecule has 3 heterocycles. The third kappa shape index (κ3) is 6.19. The quantitative estimate of drug-likeness (QED) is 0.286. The molecule has 214 valence electrons. The van der Waals surface area contributed by atoms with Crippen LogP contribution in [0.25, 0.3) is 11.1 Å². The summed E-state index contributed by atoms with van der Waals surface area (Å²) in [6.07, 6.45) is 4.88. The summed E-state index contributed by atoms with van der Waals surface area (Å²) in [7, 11) is 0. The number of aryl methyl sites for hydroxylation is 2. The average molecular weight is 562 g/mol. The summed E-state index contributed by atoms with van der Waals surface area (Å²) in [6, 6.07) is 17.8. The number of halogens is 1. The van der Waals surface area contributed by atoms with Crippen LogP contribution in [0.2, 0.25) is 0 Å². The van der Waals surface area contributed by atoms with Gasteiger partial charge in [0.25, 0.3) is 5.91 Å². The maximum absolute atomic E-state index is 14.0. The molecule has 6 heteroatoms. The summed E-state index contributed by atoms with van der Waals surface area (Å²) >= 11 is 1.60. The van der Waals surface area contributed by atoms with Crippen LogP contribution >= 0.6 is 11.3 Å². The molecule has 2 aliphatic heterocycles. The molecule has 0 bridgehead atoms. The molecule has 0 unspecified atom stereocenters. The molecule has 0 spiro atoms. The van der Waals surface area contributed by atoms with Crippen molar-refractivity contribution < 1.29 is 9.18 Å². The molecule has 2 fully saturated rings. The zero-order valence-corrected chi connectivity index (χ0v) is 25.4. The Bertz CT molecular complexity index is 1280. The zero-order valence-electron chi connectivity index (χ0n) is 24.5. The number of hydrogen-bond donors (Lipinski definition) is 0. The van der Waals surface area contributed by atoms with Gasteiger partial charge < -0.3 is 4.90 Å². The van der Waals surface area contributed by atoms with E-state index < -0.39 is 0 Å². The van der Waals surface area contributed by atoms with Gasteiger partial charge in [-0.2, -0.15) is 0 Å². The molecule has 40 heavy (non-hydrogen) atoms. The van der Waals surface area contributed by atoms with E-state index in [9.17, 15) is 9.18 Å². The first-order valence-corrected chi connectivity index (χ1v) is 16.0. The Morgan fingerprint density at radius 1 is 0.975 bits per heavy atom. The van der Waals surface area contributed by atoms with E-state index in [-0.39, 0.29) is 11.7 Å². The minimum atomic E-state index is -0.122. The number of piperazine rings is 1. The van der Waals surface area contributed by atoms with E-state index in [1.165, 1.54) is 11.1 Å². The van der Waals surface area contributed by atoms with Crippen molar-refractivity contribution in [3.63, 3.8) is 0 Å². The van der Waals surface area contributed by atoms with Gasteiger partial charge in [0.2, 0.25) is 0 Å². The van der Waals surface area contributed by atoms with Crippen LogP contribution in [-0.4, -0.2) is 65.4 Å². The minimum Gasteiger partial charge on any atom is -0.338 e. The van der Waals surface area contributed by atoms with E-state index in [2.05, 4.69) is 71.2 Å². The lowest BCUT2D eigenvalue weighted by Gasteiger charge is -2.47. The van der Waals surface area contributed by atoms with Gasteiger partial charge in [0, 0.05) is 50.8 Å². The number of hydrogen-bond acceptors (Lipinski definition) is 4. The largest absolute Gasteiger partial charge is 0.338 e. The Hall–Kier alpha value is -2.54. The molecule has 0 saturated carbocycles. The van der Waals surface area contributed by atoms with Crippen molar-refractivity contribution in [3.05, 3.63) is 81.3 Å². The Balaban J connectivity index is 1.15. The Labute approximate surface area is 243 Å². The highest BCUT2D eigenvalue weighted by atomic mass is 32.1. The molecule has 3 aromatic rings. The molecule has 0 aliphatic carbocycles. The predicted octanol–water partition coefficient (Wildman–Crippen LogP) is 7.44. The number of thiophene rings is 1. The molecule has 0 radical (unpaired) electrons. The first-order chi connectivity index (χ1) is 19.4. The molecule has 4 nitrogen and oxygen atoms in total. The highest BCUT2D eigenvalue weighted by Crippen LogP contribution is 2.30. The molecular formula is C34H44FN3OS. The molecular weight excluding hydrogens is 517 g/mol. The van der Waals surface area contributed by atoms with Crippen LogP contribution < -0.4 is 0 Å². The summed E-state index contributed by atoms with van der Waals surface area (Å²) < 4.78 is 14.0. The number of piperidine rings is 1. The normalized spacial score (nSPS) is 20.1. The van der Waals surface area contributed by atoms with Crippen LogP contribution in [-0.2, 0) is 12.8 Å². The fourth-order valence-electron chi connectivity index (χ4n) is 6.64. The summed E-state index contributed by atoms with van der Waals surface area (Å²) in [5, 5.41) is 2.06. The second kappa shape index (κ2) is 13.0. The van der Waals surface area contributed by atoms with Crippen LogP contribution in [0.5, 0.6) is 0 Å². The van der Waals surface area contributed by atoms with E-state index in [1.807, 2.05) is 19.1 Å². The van der Waals surface area contributed by atoms with E-state index >= 15 is 0 Å². The van der Waals surface area contributed by atoms with Gasteiger partial charge in [-0.05, 0) is 90.9 Å². The topological polar surface area (TPSA) is 26.8 Å². The van der Waals surface area contributed by atoms with Crippen molar-refractivity contribution in [3.8, 4) is 11.1 Å². The summed E-state index contributed by atoms with van der Waals surface area (Å²) in [6.45, 7) is 13.8. The first kappa shape index (κ1) is 29.0. The van der Waals surface area contributed by atoms with Gasteiger partial charge in [0.1, 0.15) is 5.82 Å². The molecule has 1 amide bonds. The SMILES string of the molecule is CCCc1ccsc1C(=O)N1CCC(N2CCN([C@@H](C)c3ccc(-c4ccc(F)c(CC)c4)cc3)[C@H](C)C2)CC1. The Morgan fingerprint density at radius 2 is 1.70 bits per heavy atom. The van der Waals surface area contributed by atoms with Crippen molar-refractivity contribution in [1.29, 1.82) is 0 Å². The number of rotatable bonds is 8. The van der Waals surface area contributed by atoms with Crippen molar-refractivity contribution in [2.75, 3.05) is 32.7 Å². The van der Waals surface area contributed by atoms with Crippen molar-refractivity contribution in [2.24, 2.45) is 0 Å². The summed E-state index contributed by atoms with van der Waals surface area (Å²) in [5.41, 5.74) is 5.51. The third-order valence-electron chi connectivity index (χ3n) is 9.09. The van der Waals surface area contributed by atoms with Crippen molar-refractivity contribution >= 4 is 17.2 Å². The molecule has 1 aromatic heterocycles. The molecule has 5 rings (SSSR count). The number of likely N-dealkylation sites (tertiary alicyclic amines) is 1. The number of carbonyl (C=O) groups excluding carboxylic acids is 1. The van der Waals surface area contributed by atoms with Crippen LogP contribution in [0.4, 0.5) is 4.39 Å². The molecule has 2 saturated heterocycles. The van der Waals surface area contributed by atoms with E-state index in [4.69, 9.17) is 0 Å². The van der Waals surface area contributed by atoms with Crippen LogP contribution in [0.15, 0.2) is 53.9 Å². The maximum atomic E-state index is 14.0. The van der Waals surface area contributed by atoms with Gasteiger partial charge in [-0.1, -0.05) is 50.6 Å².